The van der Waals surface area contributed by atoms with Crippen LogP contribution in [0, 0.1) is 20.8 Å². The largest absolute Gasteiger partial charge is 0.360 e. The van der Waals surface area contributed by atoms with Crippen molar-refractivity contribution >= 4 is 35.3 Å². The monoisotopic (exact) mass is 376 g/mol. The number of thioether (sulfide) groups is 1. The minimum absolute atomic E-state index is 0.0262. The molecule has 2 rings (SSSR count). The number of nitrogens with one attached hydrogen (secondary N) is 3. The van der Waals surface area contributed by atoms with Crippen molar-refractivity contribution in [3.8, 4) is 0 Å². The van der Waals surface area contributed by atoms with Gasteiger partial charge in [-0.1, -0.05) is 22.9 Å². The van der Waals surface area contributed by atoms with Crippen molar-refractivity contribution in [3.63, 3.8) is 0 Å². The topological polar surface area (TPSA) is 113 Å². The van der Waals surface area contributed by atoms with E-state index in [1.165, 1.54) is 0 Å². The van der Waals surface area contributed by atoms with E-state index in [1.54, 1.807) is 19.1 Å². The Morgan fingerprint density at radius 3 is 2.42 bits per heavy atom. The second-order valence-corrected chi connectivity index (χ2v) is 6.67. The van der Waals surface area contributed by atoms with Crippen LogP contribution in [0.4, 0.5) is 5.82 Å². The Morgan fingerprint density at radius 1 is 1.04 bits per heavy atom. The fourth-order valence-corrected chi connectivity index (χ4v) is 2.76. The van der Waals surface area contributed by atoms with Crippen LogP contribution in [0.25, 0.3) is 0 Å². The smallest absolute Gasteiger partial charge is 0.269 e. The molecule has 0 atom stereocenters. The Morgan fingerprint density at radius 2 is 1.77 bits per heavy atom. The van der Waals surface area contributed by atoms with Gasteiger partial charge in [0.2, 0.25) is 11.8 Å². The maximum atomic E-state index is 12.1. The molecule has 1 heterocycles. The molecule has 3 N–H and O–H groups in total. The molecule has 0 aliphatic rings. The highest BCUT2D eigenvalue weighted by atomic mass is 32.2. The summed E-state index contributed by atoms with van der Waals surface area (Å²) in [6, 6.07) is 7.02. The number of aryl methyl sites for hydroxylation is 3. The number of carbonyl (C=O) groups excluding carboxylic acids is 3. The molecule has 1 aromatic carbocycles. The first kappa shape index (κ1) is 19.5. The van der Waals surface area contributed by atoms with Gasteiger partial charge in [0, 0.05) is 11.6 Å². The summed E-state index contributed by atoms with van der Waals surface area (Å²) in [6.45, 7) is 5.48. The quantitative estimate of drug-likeness (QED) is 0.662. The number of aromatic nitrogens is 1. The third-order valence-electron chi connectivity index (χ3n) is 3.30. The first-order chi connectivity index (χ1) is 12.3. The molecule has 1 aromatic heterocycles. The molecular formula is C17H20N4O4S. The van der Waals surface area contributed by atoms with Crippen molar-refractivity contribution in [2.24, 2.45) is 0 Å². The number of rotatable bonds is 6. The number of anilines is 1. The van der Waals surface area contributed by atoms with Gasteiger partial charge < -0.3 is 9.84 Å². The SMILES string of the molecule is Cc1ccc(C(=O)NNC(=O)CSCC(=O)Nc2cc(C)on2)c(C)c1. The molecule has 0 unspecified atom stereocenters. The predicted octanol–water partition coefficient (Wildman–Crippen LogP) is 1.73. The van der Waals surface area contributed by atoms with Crippen LogP contribution in [0.2, 0.25) is 0 Å². The summed E-state index contributed by atoms with van der Waals surface area (Å²) in [6.07, 6.45) is 0. The van der Waals surface area contributed by atoms with E-state index in [0.717, 1.165) is 22.9 Å². The molecule has 26 heavy (non-hydrogen) atoms. The molecule has 0 bridgehead atoms. The van der Waals surface area contributed by atoms with Gasteiger partial charge in [-0.3, -0.25) is 25.2 Å². The number of nitrogens with zero attached hydrogens (tertiary/aromatic N) is 1. The molecule has 9 heteroatoms. The van der Waals surface area contributed by atoms with Crippen molar-refractivity contribution in [1.29, 1.82) is 0 Å². The maximum Gasteiger partial charge on any atom is 0.269 e. The zero-order valence-corrected chi connectivity index (χ0v) is 15.5. The van der Waals surface area contributed by atoms with Gasteiger partial charge in [-0.05, 0) is 32.4 Å². The minimum Gasteiger partial charge on any atom is -0.360 e. The van der Waals surface area contributed by atoms with Gasteiger partial charge in [-0.15, -0.1) is 11.8 Å². The van der Waals surface area contributed by atoms with Crippen molar-refractivity contribution in [1.82, 2.24) is 16.0 Å². The van der Waals surface area contributed by atoms with E-state index in [1.807, 2.05) is 26.0 Å². The van der Waals surface area contributed by atoms with Crippen molar-refractivity contribution in [3.05, 3.63) is 46.7 Å². The van der Waals surface area contributed by atoms with Gasteiger partial charge >= 0.3 is 0 Å². The summed E-state index contributed by atoms with van der Waals surface area (Å²) in [5, 5.41) is 6.20. The summed E-state index contributed by atoms with van der Waals surface area (Å²) in [5.41, 5.74) is 7.07. The third kappa shape index (κ3) is 5.92. The standard InChI is InChI=1S/C17H20N4O4S/c1-10-4-5-13(11(2)6-10)17(24)20-19-16(23)9-26-8-15(22)18-14-7-12(3)25-21-14/h4-7H,8-9H2,1-3H3,(H,19,23)(H,20,24)(H,18,21,22). The Kier molecular flexibility index (Phi) is 6.79. The Labute approximate surface area is 155 Å². The average Bonchev–Trinajstić information content (AvgIpc) is 2.97. The van der Waals surface area contributed by atoms with E-state index >= 15 is 0 Å². The fourth-order valence-electron chi connectivity index (χ4n) is 2.14. The van der Waals surface area contributed by atoms with Crippen LogP contribution in [0.5, 0.6) is 0 Å². The maximum absolute atomic E-state index is 12.1. The number of hydrogen-bond acceptors (Lipinski definition) is 6. The highest BCUT2D eigenvalue weighted by Crippen LogP contribution is 2.10. The summed E-state index contributed by atoms with van der Waals surface area (Å²) in [7, 11) is 0. The number of hydrazine groups is 1. The molecular weight excluding hydrogens is 356 g/mol. The van der Waals surface area contributed by atoms with Gasteiger partial charge in [-0.2, -0.15) is 0 Å². The van der Waals surface area contributed by atoms with Gasteiger partial charge in [0.15, 0.2) is 5.82 Å². The lowest BCUT2D eigenvalue weighted by molar-refractivity contribution is -0.119. The minimum atomic E-state index is -0.404. The number of benzene rings is 1. The molecule has 0 spiro atoms. The molecule has 0 aliphatic heterocycles. The lowest BCUT2D eigenvalue weighted by Gasteiger charge is -2.09. The van der Waals surface area contributed by atoms with Crippen molar-refractivity contribution in [2.45, 2.75) is 20.8 Å². The summed E-state index contributed by atoms with van der Waals surface area (Å²) in [5.74, 6) is -0.0678. The zero-order valence-electron chi connectivity index (χ0n) is 14.7. The van der Waals surface area contributed by atoms with Gasteiger partial charge in [0.25, 0.3) is 5.91 Å². The predicted molar refractivity (Wildman–Crippen MR) is 98.7 cm³/mol. The normalized spacial score (nSPS) is 10.3. The van der Waals surface area contributed by atoms with Crippen LogP contribution in [0.1, 0.15) is 27.2 Å². The fraction of sp³-hybridized carbons (Fsp3) is 0.294. The molecule has 0 saturated heterocycles. The first-order valence-corrected chi connectivity index (χ1v) is 8.98. The number of carbonyl (C=O) groups is 3. The lowest BCUT2D eigenvalue weighted by atomic mass is 10.1. The van der Waals surface area contributed by atoms with E-state index in [4.69, 9.17) is 4.52 Å². The highest BCUT2D eigenvalue weighted by Gasteiger charge is 2.11. The van der Waals surface area contributed by atoms with Gasteiger partial charge in [-0.25, -0.2) is 0 Å². The molecule has 8 nitrogen and oxygen atoms in total. The average molecular weight is 376 g/mol. The van der Waals surface area contributed by atoms with Crippen LogP contribution in [0.3, 0.4) is 0 Å². The van der Waals surface area contributed by atoms with E-state index in [0.29, 0.717) is 17.1 Å². The summed E-state index contributed by atoms with van der Waals surface area (Å²) >= 11 is 1.11. The third-order valence-corrected chi connectivity index (χ3v) is 4.24. The Bertz CT molecular complexity index is 819. The highest BCUT2D eigenvalue weighted by molar-refractivity contribution is 8.00. The van der Waals surface area contributed by atoms with E-state index in [-0.39, 0.29) is 23.3 Å². The summed E-state index contributed by atoms with van der Waals surface area (Å²) in [4.78, 5) is 35.5. The van der Waals surface area contributed by atoms with Crippen LogP contribution < -0.4 is 16.2 Å². The van der Waals surface area contributed by atoms with Crippen LogP contribution in [-0.2, 0) is 9.59 Å². The molecule has 0 aliphatic carbocycles. The summed E-state index contributed by atoms with van der Waals surface area (Å²) < 4.78 is 4.84. The van der Waals surface area contributed by atoms with E-state index < -0.39 is 5.91 Å². The Balaban J connectivity index is 1.68. The van der Waals surface area contributed by atoms with E-state index in [9.17, 15) is 14.4 Å². The van der Waals surface area contributed by atoms with Crippen LogP contribution >= 0.6 is 11.8 Å². The number of hydrogen-bond donors (Lipinski definition) is 3. The van der Waals surface area contributed by atoms with Crippen molar-refractivity contribution < 1.29 is 18.9 Å². The second-order valence-electron chi connectivity index (χ2n) is 5.68. The molecule has 0 radical (unpaired) electrons. The first-order valence-electron chi connectivity index (χ1n) is 7.82. The molecule has 138 valence electrons. The van der Waals surface area contributed by atoms with Crippen LogP contribution in [-0.4, -0.2) is 34.4 Å². The van der Waals surface area contributed by atoms with Gasteiger partial charge in [0.1, 0.15) is 5.76 Å². The molecule has 0 saturated carbocycles. The molecule has 2 aromatic rings. The molecule has 0 fully saturated rings. The van der Waals surface area contributed by atoms with Gasteiger partial charge in [0.05, 0.1) is 11.5 Å². The molecule has 3 amide bonds. The number of amides is 3. The Hall–Kier alpha value is -2.81. The lowest BCUT2D eigenvalue weighted by Crippen LogP contribution is -2.42. The van der Waals surface area contributed by atoms with Crippen molar-refractivity contribution in [2.75, 3.05) is 16.8 Å². The second kappa shape index (κ2) is 9.04. The zero-order chi connectivity index (χ0) is 19.1. The van der Waals surface area contributed by atoms with Crippen LogP contribution in [0.15, 0.2) is 28.8 Å². The van der Waals surface area contributed by atoms with E-state index in [2.05, 4.69) is 21.3 Å².